The molecule has 0 radical (unpaired) electrons. The Kier molecular flexibility index (Phi) is 2.41. The van der Waals surface area contributed by atoms with Crippen LogP contribution in [0.3, 0.4) is 0 Å². The molecule has 86 valence electrons. The first kappa shape index (κ1) is 11.0. The number of ether oxygens (including phenoxy) is 1. The van der Waals surface area contributed by atoms with Crippen LogP contribution in [0, 0.1) is 5.82 Å². The van der Waals surface area contributed by atoms with Crippen molar-refractivity contribution in [2.45, 2.75) is 26.4 Å². The van der Waals surface area contributed by atoms with Crippen LogP contribution in [0.2, 0.25) is 0 Å². The number of aryl methyl sites for hydroxylation is 1. The largest absolute Gasteiger partial charge is 0.485 e. The lowest BCUT2D eigenvalue weighted by Crippen LogP contribution is -2.23. The van der Waals surface area contributed by atoms with Crippen molar-refractivity contribution >= 4 is 10.9 Å². The Morgan fingerprint density at radius 2 is 1.94 bits per heavy atom. The maximum Gasteiger partial charge on any atom is 0.167 e. The summed E-state index contributed by atoms with van der Waals surface area (Å²) >= 11 is 0. The molecule has 0 spiro atoms. The predicted molar refractivity (Wildman–Crippen MR) is 63.3 cm³/mol. The molecule has 0 N–H and O–H groups in total. The van der Waals surface area contributed by atoms with Crippen molar-refractivity contribution in [2.24, 2.45) is 7.05 Å². The van der Waals surface area contributed by atoms with Gasteiger partial charge in [0.1, 0.15) is 5.60 Å². The van der Waals surface area contributed by atoms with Crippen LogP contribution in [0.1, 0.15) is 20.8 Å². The molecule has 0 bridgehead atoms. The highest BCUT2D eigenvalue weighted by Crippen LogP contribution is 2.27. The summed E-state index contributed by atoms with van der Waals surface area (Å²) in [5, 5.41) is 0.989. The Hall–Kier alpha value is -1.51. The Labute approximate surface area is 94.6 Å². The summed E-state index contributed by atoms with van der Waals surface area (Å²) in [5.74, 6) is -0.00424. The second-order valence-electron chi connectivity index (χ2n) is 4.98. The molecule has 1 aromatic carbocycles. The summed E-state index contributed by atoms with van der Waals surface area (Å²) < 4.78 is 21.2. The molecule has 2 rings (SSSR count). The average Bonchev–Trinajstić information content (AvgIpc) is 2.47. The van der Waals surface area contributed by atoms with Crippen molar-refractivity contribution in [3.63, 3.8) is 0 Å². The number of halogens is 1. The summed E-state index contributed by atoms with van der Waals surface area (Å²) in [6.07, 6.45) is 1.91. The van der Waals surface area contributed by atoms with Crippen molar-refractivity contribution in [1.82, 2.24) is 4.57 Å². The number of hydrogen-bond donors (Lipinski definition) is 0. The number of nitrogens with zero attached hydrogens (tertiary/aromatic N) is 1. The first-order chi connectivity index (χ1) is 7.37. The van der Waals surface area contributed by atoms with E-state index in [9.17, 15) is 4.39 Å². The molecular weight excluding hydrogens is 205 g/mol. The van der Waals surface area contributed by atoms with Crippen LogP contribution in [-0.4, -0.2) is 10.2 Å². The van der Waals surface area contributed by atoms with Gasteiger partial charge in [0.15, 0.2) is 11.6 Å². The number of rotatable bonds is 1. The second kappa shape index (κ2) is 3.51. The van der Waals surface area contributed by atoms with Crippen LogP contribution >= 0.6 is 0 Å². The van der Waals surface area contributed by atoms with Gasteiger partial charge in [0.25, 0.3) is 0 Å². The SMILES string of the molecule is Cn1ccc2cc(OC(C)(C)C)c(F)cc21. The molecule has 0 atom stereocenters. The van der Waals surface area contributed by atoms with E-state index >= 15 is 0 Å². The molecule has 2 nitrogen and oxygen atoms in total. The normalized spacial score (nSPS) is 12.1. The zero-order chi connectivity index (χ0) is 11.9. The Bertz CT molecular complexity index is 522. The molecule has 0 aliphatic rings. The molecule has 2 aromatic rings. The zero-order valence-electron chi connectivity index (χ0n) is 10.0. The molecule has 0 aliphatic heterocycles. The predicted octanol–water partition coefficient (Wildman–Crippen LogP) is 3.49. The van der Waals surface area contributed by atoms with E-state index in [0.29, 0.717) is 5.75 Å². The highest BCUT2D eigenvalue weighted by atomic mass is 19.1. The van der Waals surface area contributed by atoms with Crippen LogP contribution < -0.4 is 4.74 Å². The van der Waals surface area contributed by atoms with Crippen LogP contribution in [0.15, 0.2) is 24.4 Å². The van der Waals surface area contributed by atoms with Gasteiger partial charge in [0.05, 0.1) is 5.52 Å². The molecule has 1 heterocycles. The number of hydrogen-bond acceptors (Lipinski definition) is 1. The van der Waals surface area contributed by atoms with Crippen LogP contribution in [0.4, 0.5) is 4.39 Å². The van der Waals surface area contributed by atoms with E-state index in [1.807, 2.05) is 44.6 Å². The fourth-order valence-corrected chi connectivity index (χ4v) is 1.68. The minimum atomic E-state index is -0.386. The van der Waals surface area contributed by atoms with Crippen molar-refractivity contribution in [3.05, 3.63) is 30.2 Å². The van der Waals surface area contributed by atoms with Gasteiger partial charge in [-0.2, -0.15) is 0 Å². The molecule has 0 saturated carbocycles. The van der Waals surface area contributed by atoms with Crippen LogP contribution in [0.5, 0.6) is 5.75 Å². The molecule has 0 aliphatic carbocycles. The van der Waals surface area contributed by atoms with E-state index < -0.39 is 0 Å². The van der Waals surface area contributed by atoms with Crippen LogP contribution in [0.25, 0.3) is 10.9 Å². The number of aromatic nitrogens is 1. The standard InChI is InChI=1S/C13H16FNO/c1-13(2,3)16-12-7-9-5-6-15(4)11(9)8-10(12)14/h5-8H,1-4H3. The third kappa shape index (κ3) is 2.03. The number of benzene rings is 1. The molecule has 16 heavy (non-hydrogen) atoms. The summed E-state index contributed by atoms with van der Waals surface area (Å²) in [6.45, 7) is 5.71. The fraction of sp³-hybridized carbons (Fsp3) is 0.385. The zero-order valence-corrected chi connectivity index (χ0v) is 10.0. The smallest absolute Gasteiger partial charge is 0.167 e. The quantitative estimate of drug-likeness (QED) is 0.719. The number of fused-ring (bicyclic) bond motifs is 1. The lowest BCUT2D eigenvalue weighted by molar-refractivity contribution is 0.124. The van der Waals surface area contributed by atoms with Gasteiger partial charge in [0, 0.05) is 24.7 Å². The van der Waals surface area contributed by atoms with E-state index in [0.717, 1.165) is 10.9 Å². The van der Waals surface area contributed by atoms with Gasteiger partial charge < -0.3 is 9.30 Å². The molecule has 0 fully saturated rings. The van der Waals surface area contributed by atoms with Crippen molar-refractivity contribution < 1.29 is 9.13 Å². The Balaban J connectivity index is 2.51. The van der Waals surface area contributed by atoms with Gasteiger partial charge in [-0.3, -0.25) is 0 Å². The minimum absolute atomic E-state index is 0.311. The lowest BCUT2D eigenvalue weighted by Gasteiger charge is -2.21. The van der Waals surface area contributed by atoms with Gasteiger partial charge >= 0.3 is 0 Å². The first-order valence-corrected chi connectivity index (χ1v) is 5.30. The maximum atomic E-state index is 13.8. The third-order valence-corrected chi connectivity index (χ3v) is 2.36. The second-order valence-corrected chi connectivity index (χ2v) is 4.98. The Morgan fingerprint density at radius 1 is 1.25 bits per heavy atom. The van der Waals surface area contributed by atoms with Gasteiger partial charge in [-0.1, -0.05) is 0 Å². The van der Waals surface area contributed by atoms with E-state index in [1.54, 1.807) is 6.07 Å². The van der Waals surface area contributed by atoms with Crippen molar-refractivity contribution in [1.29, 1.82) is 0 Å². The van der Waals surface area contributed by atoms with E-state index in [2.05, 4.69) is 0 Å². The molecule has 0 saturated heterocycles. The van der Waals surface area contributed by atoms with Gasteiger partial charge in [-0.05, 0) is 32.9 Å². The van der Waals surface area contributed by atoms with Gasteiger partial charge in [-0.15, -0.1) is 0 Å². The maximum absolute atomic E-state index is 13.8. The monoisotopic (exact) mass is 221 g/mol. The van der Waals surface area contributed by atoms with E-state index in [4.69, 9.17) is 4.74 Å². The average molecular weight is 221 g/mol. The van der Waals surface area contributed by atoms with Crippen molar-refractivity contribution in [2.75, 3.05) is 0 Å². The first-order valence-electron chi connectivity index (χ1n) is 5.30. The lowest BCUT2D eigenvalue weighted by atomic mass is 10.2. The molecule has 0 amide bonds. The van der Waals surface area contributed by atoms with Crippen molar-refractivity contribution in [3.8, 4) is 5.75 Å². The fourth-order valence-electron chi connectivity index (χ4n) is 1.68. The topological polar surface area (TPSA) is 14.2 Å². The molecule has 1 aromatic heterocycles. The van der Waals surface area contributed by atoms with E-state index in [-0.39, 0.29) is 11.4 Å². The summed E-state index contributed by atoms with van der Waals surface area (Å²) in [5.41, 5.74) is 0.488. The highest BCUT2D eigenvalue weighted by Gasteiger charge is 2.16. The minimum Gasteiger partial charge on any atom is -0.485 e. The van der Waals surface area contributed by atoms with E-state index in [1.165, 1.54) is 6.07 Å². The molecule has 0 unspecified atom stereocenters. The molecule has 3 heteroatoms. The third-order valence-electron chi connectivity index (χ3n) is 2.36. The van der Waals surface area contributed by atoms with Crippen LogP contribution in [-0.2, 0) is 7.05 Å². The highest BCUT2D eigenvalue weighted by molar-refractivity contribution is 5.81. The van der Waals surface area contributed by atoms with Gasteiger partial charge in [-0.25, -0.2) is 4.39 Å². The summed E-state index contributed by atoms with van der Waals surface area (Å²) in [7, 11) is 1.89. The summed E-state index contributed by atoms with van der Waals surface area (Å²) in [4.78, 5) is 0. The Morgan fingerprint density at radius 3 is 2.56 bits per heavy atom. The summed E-state index contributed by atoms with van der Waals surface area (Å²) in [6, 6.07) is 5.20. The molecular formula is C13H16FNO. The van der Waals surface area contributed by atoms with Gasteiger partial charge in [0.2, 0.25) is 0 Å².